The second kappa shape index (κ2) is 7.25. The van der Waals surface area contributed by atoms with E-state index in [0.29, 0.717) is 38.9 Å². The smallest absolute Gasteiger partial charge is 0.311 e. The van der Waals surface area contributed by atoms with E-state index < -0.39 is 12.5 Å². The van der Waals surface area contributed by atoms with Gasteiger partial charge in [-0.05, 0) is 39.4 Å². The molecule has 18 heavy (non-hydrogen) atoms. The number of rotatable bonds is 7. The van der Waals surface area contributed by atoms with Crippen LogP contribution in [0.4, 0.5) is 17.6 Å². The lowest BCUT2D eigenvalue weighted by molar-refractivity contribution is -0.324. The van der Waals surface area contributed by atoms with E-state index in [1.54, 1.807) is 0 Å². The molecule has 0 spiro atoms. The van der Waals surface area contributed by atoms with Gasteiger partial charge in [-0.3, -0.25) is 4.74 Å². The Bertz CT molecular complexity index is 238. The Hall–Kier alpha value is -0.400. The van der Waals surface area contributed by atoms with E-state index in [1.807, 2.05) is 11.9 Å². The zero-order chi connectivity index (χ0) is 13.6. The maximum Gasteiger partial charge on any atom is 0.522 e. The number of alkyl halides is 4. The second-order valence-corrected chi connectivity index (χ2v) is 4.60. The highest BCUT2D eigenvalue weighted by atomic mass is 19.4. The Kier molecular flexibility index (Phi) is 6.31. The van der Waals surface area contributed by atoms with E-state index in [4.69, 9.17) is 0 Å². The normalized spacial score (nSPS) is 25.0. The van der Waals surface area contributed by atoms with Crippen molar-refractivity contribution in [2.24, 2.45) is 0 Å². The molecule has 2 atom stereocenters. The summed E-state index contributed by atoms with van der Waals surface area (Å²) in [6.07, 6.45) is -3.81. The highest BCUT2D eigenvalue weighted by Crippen LogP contribution is 2.16. The van der Waals surface area contributed by atoms with Gasteiger partial charge in [0.25, 0.3) is 0 Å². The van der Waals surface area contributed by atoms with Gasteiger partial charge in [0.2, 0.25) is 0 Å². The molecule has 1 N–H and O–H groups in total. The number of halogens is 4. The predicted octanol–water partition coefficient (Wildman–Crippen LogP) is 1.93. The Morgan fingerprint density at radius 1 is 1.33 bits per heavy atom. The van der Waals surface area contributed by atoms with E-state index in [0.717, 1.165) is 0 Å². The summed E-state index contributed by atoms with van der Waals surface area (Å²) in [6, 6.07) is -0.112. The fourth-order valence-electron chi connectivity index (χ4n) is 2.01. The van der Waals surface area contributed by atoms with E-state index in [-0.39, 0.29) is 12.6 Å². The molecule has 0 saturated carbocycles. The molecule has 0 aromatic rings. The molecule has 3 nitrogen and oxygen atoms in total. The van der Waals surface area contributed by atoms with Crippen molar-refractivity contribution in [1.82, 2.24) is 10.2 Å². The number of nitrogens with zero attached hydrogens (tertiary/aromatic N) is 1. The van der Waals surface area contributed by atoms with Gasteiger partial charge >= 0.3 is 6.36 Å². The highest BCUT2D eigenvalue weighted by molar-refractivity contribution is 4.84. The molecule has 0 aromatic heterocycles. The number of nitrogens with one attached hydrogen (secondary N) is 1. The Morgan fingerprint density at radius 3 is 2.61 bits per heavy atom. The lowest BCUT2D eigenvalue weighted by atomic mass is 10.1. The Labute approximate surface area is 104 Å². The monoisotopic (exact) mass is 272 g/mol. The SMILES string of the molecule is CN(CCCOC(F)(F)F)CCC1NCCC1F. The van der Waals surface area contributed by atoms with Crippen molar-refractivity contribution >= 4 is 0 Å². The molecule has 0 aliphatic carbocycles. The summed E-state index contributed by atoms with van der Waals surface area (Å²) in [6.45, 7) is 1.56. The number of hydrogen-bond acceptors (Lipinski definition) is 3. The van der Waals surface area contributed by atoms with Crippen LogP contribution in [0.15, 0.2) is 0 Å². The van der Waals surface area contributed by atoms with Crippen molar-refractivity contribution in [3.8, 4) is 0 Å². The zero-order valence-electron chi connectivity index (χ0n) is 10.5. The van der Waals surface area contributed by atoms with Crippen LogP contribution >= 0.6 is 0 Å². The maximum absolute atomic E-state index is 13.3. The van der Waals surface area contributed by atoms with Crippen molar-refractivity contribution in [3.05, 3.63) is 0 Å². The minimum absolute atomic E-state index is 0.112. The van der Waals surface area contributed by atoms with Crippen molar-refractivity contribution in [1.29, 1.82) is 0 Å². The summed E-state index contributed by atoms with van der Waals surface area (Å²) in [5, 5.41) is 3.07. The van der Waals surface area contributed by atoms with Gasteiger partial charge in [0.15, 0.2) is 0 Å². The maximum atomic E-state index is 13.3. The molecule has 1 rings (SSSR count). The average molecular weight is 272 g/mol. The predicted molar refractivity (Wildman–Crippen MR) is 60.0 cm³/mol. The van der Waals surface area contributed by atoms with E-state index >= 15 is 0 Å². The van der Waals surface area contributed by atoms with Crippen molar-refractivity contribution in [3.63, 3.8) is 0 Å². The molecule has 7 heteroatoms. The summed E-state index contributed by atoms with van der Waals surface area (Å²) in [7, 11) is 1.82. The Morgan fingerprint density at radius 2 is 2.06 bits per heavy atom. The molecule has 2 unspecified atom stereocenters. The van der Waals surface area contributed by atoms with Crippen LogP contribution in [0.3, 0.4) is 0 Å². The molecule has 1 heterocycles. The van der Waals surface area contributed by atoms with E-state index in [1.165, 1.54) is 0 Å². The van der Waals surface area contributed by atoms with Crippen LogP contribution in [-0.4, -0.2) is 56.8 Å². The first-order valence-corrected chi connectivity index (χ1v) is 6.15. The fraction of sp³-hybridized carbons (Fsp3) is 1.00. The molecule has 1 aliphatic heterocycles. The van der Waals surface area contributed by atoms with Crippen LogP contribution in [0.25, 0.3) is 0 Å². The molecular weight excluding hydrogens is 252 g/mol. The second-order valence-electron chi connectivity index (χ2n) is 4.60. The first-order valence-electron chi connectivity index (χ1n) is 6.15. The Balaban J connectivity index is 2.02. The van der Waals surface area contributed by atoms with Crippen LogP contribution < -0.4 is 5.32 Å². The standard InChI is InChI=1S/C11H20F4N2O/c1-17(6-2-8-18-11(13,14)15)7-4-10-9(12)3-5-16-10/h9-10,16H,2-8H2,1H3. The average Bonchev–Trinajstić information content (AvgIpc) is 2.66. The van der Waals surface area contributed by atoms with Gasteiger partial charge in [-0.1, -0.05) is 0 Å². The third-order valence-corrected chi connectivity index (χ3v) is 3.03. The van der Waals surface area contributed by atoms with Gasteiger partial charge in [-0.2, -0.15) is 0 Å². The fourth-order valence-corrected chi connectivity index (χ4v) is 2.01. The van der Waals surface area contributed by atoms with Crippen molar-refractivity contribution in [2.45, 2.75) is 37.8 Å². The summed E-state index contributed by atoms with van der Waals surface area (Å²) < 4.78 is 52.0. The highest BCUT2D eigenvalue weighted by Gasteiger charge is 2.28. The third kappa shape index (κ3) is 6.51. The summed E-state index contributed by atoms with van der Waals surface area (Å²) in [4.78, 5) is 1.90. The van der Waals surface area contributed by atoms with Gasteiger partial charge < -0.3 is 10.2 Å². The largest absolute Gasteiger partial charge is 0.522 e. The molecule has 0 amide bonds. The summed E-state index contributed by atoms with van der Waals surface area (Å²) in [5.74, 6) is 0. The van der Waals surface area contributed by atoms with Crippen molar-refractivity contribution in [2.75, 3.05) is 33.3 Å². The molecule has 1 aliphatic rings. The van der Waals surface area contributed by atoms with E-state index in [2.05, 4.69) is 10.1 Å². The van der Waals surface area contributed by atoms with Crippen LogP contribution in [-0.2, 0) is 4.74 Å². The van der Waals surface area contributed by atoms with Gasteiger partial charge in [-0.25, -0.2) is 4.39 Å². The van der Waals surface area contributed by atoms with Crippen molar-refractivity contribution < 1.29 is 22.3 Å². The van der Waals surface area contributed by atoms with Gasteiger partial charge in [0.05, 0.1) is 6.61 Å². The minimum Gasteiger partial charge on any atom is -0.311 e. The quantitative estimate of drug-likeness (QED) is 0.566. The topological polar surface area (TPSA) is 24.5 Å². The van der Waals surface area contributed by atoms with E-state index in [9.17, 15) is 17.6 Å². The molecule has 0 bridgehead atoms. The molecule has 108 valence electrons. The zero-order valence-corrected chi connectivity index (χ0v) is 10.5. The molecule has 1 fully saturated rings. The molecule has 1 saturated heterocycles. The lowest BCUT2D eigenvalue weighted by Gasteiger charge is -2.20. The molecular formula is C11H20F4N2O. The number of ether oxygens (including phenoxy) is 1. The summed E-state index contributed by atoms with van der Waals surface area (Å²) >= 11 is 0. The van der Waals surface area contributed by atoms with Crippen LogP contribution in [0.1, 0.15) is 19.3 Å². The van der Waals surface area contributed by atoms with Gasteiger partial charge in [-0.15, -0.1) is 13.2 Å². The van der Waals surface area contributed by atoms with Crippen LogP contribution in [0.5, 0.6) is 0 Å². The first kappa shape index (κ1) is 15.7. The number of hydrogen-bond donors (Lipinski definition) is 1. The molecule has 0 aromatic carbocycles. The van der Waals surface area contributed by atoms with Crippen LogP contribution in [0, 0.1) is 0 Å². The third-order valence-electron chi connectivity index (χ3n) is 3.03. The van der Waals surface area contributed by atoms with Gasteiger partial charge in [0.1, 0.15) is 6.17 Å². The minimum atomic E-state index is -4.55. The van der Waals surface area contributed by atoms with Crippen LogP contribution in [0.2, 0.25) is 0 Å². The summed E-state index contributed by atoms with van der Waals surface area (Å²) in [5.41, 5.74) is 0. The lowest BCUT2D eigenvalue weighted by Crippen LogP contribution is -2.33. The first-order chi connectivity index (χ1) is 8.38. The van der Waals surface area contributed by atoms with Gasteiger partial charge in [0, 0.05) is 12.6 Å². The molecule has 0 radical (unpaired) electrons.